The fourth-order valence-electron chi connectivity index (χ4n) is 2.89. The normalized spacial score (nSPS) is 11.1. The molecule has 0 radical (unpaired) electrons. The zero-order chi connectivity index (χ0) is 19.5. The Bertz CT molecular complexity index is 1120. The Morgan fingerprint density at radius 3 is 2.75 bits per heavy atom. The van der Waals surface area contributed by atoms with Gasteiger partial charge in [0.1, 0.15) is 5.82 Å². The van der Waals surface area contributed by atoms with Gasteiger partial charge in [-0.25, -0.2) is 4.39 Å². The predicted octanol–water partition coefficient (Wildman–Crippen LogP) is 5.05. The summed E-state index contributed by atoms with van der Waals surface area (Å²) in [6.07, 6.45) is 0. The number of anilines is 1. The van der Waals surface area contributed by atoms with Crippen molar-refractivity contribution in [2.75, 3.05) is 11.1 Å². The summed E-state index contributed by atoms with van der Waals surface area (Å²) in [5.74, 6) is 0.489. The number of hydrogen-bond acceptors (Lipinski definition) is 5. The van der Waals surface area contributed by atoms with Crippen molar-refractivity contribution >= 4 is 44.8 Å². The number of hydrogen-bond donors (Lipinski definition) is 1. The molecule has 142 valence electrons. The van der Waals surface area contributed by atoms with E-state index in [1.165, 1.54) is 40.7 Å². The largest absolute Gasteiger partial charge is 0.325 e. The van der Waals surface area contributed by atoms with Crippen LogP contribution in [0.5, 0.6) is 0 Å². The molecule has 0 fully saturated rings. The number of benzene rings is 2. The average molecular weight is 413 g/mol. The first-order chi connectivity index (χ1) is 13.7. The van der Waals surface area contributed by atoms with Crippen LogP contribution in [-0.4, -0.2) is 26.4 Å². The monoisotopic (exact) mass is 412 g/mol. The first kappa shape index (κ1) is 18.6. The molecule has 2 aromatic carbocycles. The van der Waals surface area contributed by atoms with Crippen LogP contribution in [0.3, 0.4) is 0 Å². The minimum atomic E-state index is -0.336. The molecular formula is C20H17FN4OS2. The topological polar surface area (TPSA) is 59.8 Å². The lowest BCUT2D eigenvalue weighted by atomic mass is 10.1. The predicted molar refractivity (Wildman–Crippen MR) is 112 cm³/mol. The molecule has 0 saturated carbocycles. The van der Waals surface area contributed by atoms with Crippen molar-refractivity contribution in [3.05, 3.63) is 59.7 Å². The molecule has 2 aromatic heterocycles. The lowest BCUT2D eigenvalue weighted by Crippen LogP contribution is -2.14. The van der Waals surface area contributed by atoms with Gasteiger partial charge in [0.15, 0.2) is 11.0 Å². The molecule has 2 heterocycles. The van der Waals surface area contributed by atoms with Crippen LogP contribution in [0.1, 0.15) is 6.92 Å². The van der Waals surface area contributed by atoms with Gasteiger partial charge >= 0.3 is 0 Å². The number of halogens is 1. The molecule has 1 amide bonds. The summed E-state index contributed by atoms with van der Waals surface area (Å²) in [4.78, 5) is 12.2. The second-order valence-corrected chi connectivity index (χ2v) is 7.89. The van der Waals surface area contributed by atoms with E-state index in [1.54, 1.807) is 11.3 Å². The molecule has 4 rings (SSSR count). The van der Waals surface area contributed by atoms with Gasteiger partial charge in [-0.15, -0.1) is 21.5 Å². The third kappa shape index (κ3) is 3.79. The second kappa shape index (κ2) is 8.12. The van der Waals surface area contributed by atoms with E-state index in [0.717, 1.165) is 16.8 Å². The van der Waals surface area contributed by atoms with E-state index in [2.05, 4.69) is 33.0 Å². The van der Waals surface area contributed by atoms with Crippen LogP contribution in [0.4, 0.5) is 10.1 Å². The Kier molecular flexibility index (Phi) is 5.40. The van der Waals surface area contributed by atoms with Crippen LogP contribution in [0.2, 0.25) is 0 Å². The third-order valence-electron chi connectivity index (χ3n) is 4.22. The number of fused-ring (bicyclic) bond motifs is 1. The van der Waals surface area contributed by atoms with Crippen LogP contribution >= 0.6 is 23.1 Å². The van der Waals surface area contributed by atoms with Crippen LogP contribution in [0.25, 0.3) is 21.5 Å². The highest BCUT2D eigenvalue weighted by molar-refractivity contribution is 7.99. The van der Waals surface area contributed by atoms with Crippen LogP contribution < -0.4 is 5.32 Å². The molecule has 0 aliphatic carbocycles. The van der Waals surface area contributed by atoms with Gasteiger partial charge in [0.05, 0.1) is 5.75 Å². The van der Waals surface area contributed by atoms with E-state index in [9.17, 15) is 9.18 Å². The molecule has 0 saturated heterocycles. The summed E-state index contributed by atoms with van der Waals surface area (Å²) in [6.45, 7) is 2.73. The number of carbonyl (C=O) groups is 1. The van der Waals surface area contributed by atoms with E-state index in [-0.39, 0.29) is 17.5 Å². The van der Waals surface area contributed by atoms with E-state index >= 15 is 0 Å². The molecule has 0 atom stereocenters. The number of thiophene rings is 1. The Labute approximate surface area is 169 Å². The van der Waals surface area contributed by atoms with Gasteiger partial charge in [0.25, 0.3) is 0 Å². The number of nitrogens with one attached hydrogen (secondary N) is 1. The van der Waals surface area contributed by atoms with Crippen molar-refractivity contribution in [2.24, 2.45) is 0 Å². The summed E-state index contributed by atoms with van der Waals surface area (Å²) in [5, 5.41) is 15.4. The molecule has 5 nitrogen and oxygen atoms in total. The standard InChI is InChI=1S/C20H17FN4OS2/c1-2-25-19(16-11-27-17-6-4-3-5-15(16)17)23-24-20(25)28-12-18(26)22-14-9-7-13(21)8-10-14/h3-11H,2,12H2,1H3,(H,22,26). The van der Waals surface area contributed by atoms with Crippen LogP contribution in [0, 0.1) is 5.82 Å². The van der Waals surface area contributed by atoms with Crippen molar-refractivity contribution < 1.29 is 9.18 Å². The quantitative estimate of drug-likeness (QED) is 0.450. The van der Waals surface area contributed by atoms with Gasteiger partial charge in [-0.3, -0.25) is 4.79 Å². The highest BCUT2D eigenvalue weighted by Gasteiger charge is 2.17. The van der Waals surface area contributed by atoms with Crippen LogP contribution in [-0.2, 0) is 11.3 Å². The molecule has 0 bridgehead atoms. The Balaban J connectivity index is 1.50. The SMILES string of the molecule is CCn1c(SCC(=O)Nc2ccc(F)cc2)nnc1-c1csc2ccccc12. The van der Waals surface area contributed by atoms with Crippen molar-refractivity contribution in [1.29, 1.82) is 0 Å². The Hall–Kier alpha value is -2.71. The first-order valence-corrected chi connectivity index (χ1v) is 10.6. The highest BCUT2D eigenvalue weighted by atomic mass is 32.2. The number of nitrogens with zero attached hydrogens (tertiary/aromatic N) is 3. The summed E-state index contributed by atoms with van der Waals surface area (Å²) in [5.41, 5.74) is 1.62. The first-order valence-electron chi connectivity index (χ1n) is 8.73. The molecule has 0 aliphatic rings. The molecular weight excluding hydrogens is 395 g/mol. The smallest absolute Gasteiger partial charge is 0.234 e. The fourth-order valence-corrected chi connectivity index (χ4v) is 4.63. The number of aromatic nitrogens is 3. The summed E-state index contributed by atoms with van der Waals surface area (Å²) < 4.78 is 16.2. The maximum atomic E-state index is 13.0. The molecule has 1 N–H and O–H groups in total. The third-order valence-corrected chi connectivity index (χ3v) is 6.15. The zero-order valence-electron chi connectivity index (χ0n) is 15.1. The average Bonchev–Trinajstić information content (AvgIpc) is 3.31. The number of carbonyl (C=O) groups excluding carboxylic acids is 1. The molecule has 0 unspecified atom stereocenters. The van der Waals surface area contributed by atoms with Crippen molar-refractivity contribution in [3.8, 4) is 11.4 Å². The van der Waals surface area contributed by atoms with Gasteiger partial charge in [-0.1, -0.05) is 30.0 Å². The summed E-state index contributed by atoms with van der Waals surface area (Å²) >= 11 is 3.01. The van der Waals surface area contributed by atoms with Gasteiger partial charge in [0.2, 0.25) is 5.91 Å². The molecule has 0 aliphatic heterocycles. The summed E-state index contributed by atoms with van der Waals surface area (Å²) in [6, 6.07) is 13.9. The van der Waals surface area contributed by atoms with Gasteiger partial charge in [-0.2, -0.15) is 0 Å². The lowest BCUT2D eigenvalue weighted by molar-refractivity contribution is -0.113. The number of amides is 1. The molecule has 28 heavy (non-hydrogen) atoms. The van der Waals surface area contributed by atoms with Gasteiger partial charge in [-0.05, 0) is 37.3 Å². The van der Waals surface area contributed by atoms with E-state index in [0.29, 0.717) is 17.4 Å². The van der Waals surface area contributed by atoms with Crippen molar-refractivity contribution in [3.63, 3.8) is 0 Å². The van der Waals surface area contributed by atoms with Crippen molar-refractivity contribution in [2.45, 2.75) is 18.6 Å². The summed E-state index contributed by atoms with van der Waals surface area (Å²) in [7, 11) is 0. The Morgan fingerprint density at radius 2 is 1.96 bits per heavy atom. The molecule has 0 spiro atoms. The van der Waals surface area contributed by atoms with E-state index < -0.39 is 0 Å². The minimum absolute atomic E-state index is 0.176. The molecule has 4 aromatic rings. The second-order valence-electron chi connectivity index (χ2n) is 6.04. The lowest BCUT2D eigenvalue weighted by Gasteiger charge is -2.07. The Morgan fingerprint density at radius 1 is 1.18 bits per heavy atom. The zero-order valence-corrected chi connectivity index (χ0v) is 16.7. The highest BCUT2D eigenvalue weighted by Crippen LogP contribution is 2.34. The van der Waals surface area contributed by atoms with E-state index in [1.807, 2.05) is 23.6 Å². The fraction of sp³-hybridized carbons (Fsp3) is 0.150. The number of rotatable bonds is 6. The van der Waals surface area contributed by atoms with Crippen molar-refractivity contribution in [1.82, 2.24) is 14.8 Å². The molecule has 8 heteroatoms. The minimum Gasteiger partial charge on any atom is -0.325 e. The number of thioether (sulfide) groups is 1. The maximum Gasteiger partial charge on any atom is 0.234 e. The van der Waals surface area contributed by atoms with E-state index in [4.69, 9.17) is 0 Å². The van der Waals surface area contributed by atoms with Gasteiger partial charge in [0, 0.05) is 33.3 Å². The maximum absolute atomic E-state index is 13.0. The van der Waals surface area contributed by atoms with Gasteiger partial charge < -0.3 is 9.88 Å². The van der Waals surface area contributed by atoms with Crippen LogP contribution in [0.15, 0.2) is 59.1 Å².